The molecule has 0 radical (unpaired) electrons. The summed E-state index contributed by atoms with van der Waals surface area (Å²) < 4.78 is 1.02. The molecule has 0 saturated carbocycles. The van der Waals surface area contributed by atoms with E-state index in [0.29, 0.717) is 0 Å². The fourth-order valence-electron chi connectivity index (χ4n) is 0.982. The zero-order chi connectivity index (χ0) is 11.3. The standard InChI is InChI=1S/C11H17BrN2S/c1-11(2,8-13)5-6-15-10-4-3-9(12)7-14-10/h3-4,7H,5-6,8,13H2,1-2H3. The van der Waals surface area contributed by atoms with Crippen molar-refractivity contribution in [1.82, 2.24) is 4.98 Å². The molecule has 0 aliphatic carbocycles. The molecule has 1 rings (SSSR count). The van der Waals surface area contributed by atoms with Crippen LogP contribution in [0.15, 0.2) is 27.8 Å². The fourth-order valence-corrected chi connectivity index (χ4v) is 2.37. The first-order chi connectivity index (χ1) is 7.03. The van der Waals surface area contributed by atoms with Crippen molar-refractivity contribution in [3.05, 3.63) is 22.8 Å². The molecule has 0 spiro atoms. The van der Waals surface area contributed by atoms with Gasteiger partial charge in [0, 0.05) is 16.4 Å². The predicted octanol–water partition coefficient (Wildman–Crippen LogP) is 3.31. The van der Waals surface area contributed by atoms with Crippen LogP contribution < -0.4 is 5.73 Å². The number of hydrogen-bond acceptors (Lipinski definition) is 3. The minimum Gasteiger partial charge on any atom is -0.330 e. The highest BCUT2D eigenvalue weighted by molar-refractivity contribution is 9.10. The lowest BCUT2D eigenvalue weighted by Gasteiger charge is -2.21. The van der Waals surface area contributed by atoms with Crippen molar-refractivity contribution >= 4 is 27.7 Å². The van der Waals surface area contributed by atoms with Crippen LogP contribution >= 0.6 is 27.7 Å². The van der Waals surface area contributed by atoms with E-state index in [-0.39, 0.29) is 5.41 Å². The zero-order valence-electron chi connectivity index (χ0n) is 9.16. The molecule has 0 aliphatic heterocycles. The Bertz CT molecular complexity index is 298. The second kappa shape index (κ2) is 5.87. The number of aromatic nitrogens is 1. The number of rotatable bonds is 5. The summed E-state index contributed by atoms with van der Waals surface area (Å²) in [7, 11) is 0. The molecule has 0 aromatic carbocycles. The van der Waals surface area contributed by atoms with E-state index >= 15 is 0 Å². The van der Waals surface area contributed by atoms with Crippen LogP contribution in [0.1, 0.15) is 20.3 Å². The number of thioether (sulfide) groups is 1. The van der Waals surface area contributed by atoms with Gasteiger partial charge in [0.2, 0.25) is 0 Å². The summed E-state index contributed by atoms with van der Waals surface area (Å²) in [5, 5.41) is 1.08. The highest BCUT2D eigenvalue weighted by Crippen LogP contribution is 2.24. The number of nitrogens with two attached hydrogens (primary N) is 1. The summed E-state index contributed by atoms with van der Waals surface area (Å²) in [5.41, 5.74) is 5.91. The monoisotopic (exact) mass is 288 g/mol. The molecular weight excluding hydrogens is 272 g/mol. The number of hydrogen-bond donors (Lipinski definition) is 1. The molecule has 84 valence electrons. The van der Waals surface area contributed by atoms with Crippen molar-refractivity contribution in [3.63, 3.8) is 0 Å². The molecule has 0 unspecified atom stereocenters. The van der Waals surface area contributed by atoms with E-state index in [1.807, 2.05) is 18.3 Å². The van der Waals surface area contributed by atoms with E-state index < -0.39 is 0 Å². The molecule has 1 aromatic rings. The molecular formula is C11H17BrN2S. The predicted molar refractivity (Wildman–Crippen MR) is 70.1 cm³/mol. The molecule has 0 amide bonds. The third-order valence-corrected chi connectivity index (χ3v) is 3.70. The second-order valence-electron chi connectivity index (χ2n) is 4.28. The van der Waals surface area contributed by atoms with Gasteiger partial charge < -0.3 is 5.73 Å². The summed E-state index contributed by atoms with van der Waals surface area (Å²) in [6.45, 7) is 5.13. The van der Waals surface area contributed by atoms with Crippen molar-refractivity contribution < 1.29 is 0 Å². The normalized spacial score (nSPS) is 11.7. The van der Waals surface area contributed by atoms with Gasteiger partial charge in [-0.25, -0.2) is 4.98 Å². The third kappa shape index (κ3) is 5.00. The minimum atomic E-state index is 0.238. The number of pyridine rings is 1. The highest BCUT2D eigenvalue weighted by Gasteiger charge is 2.14. The molecule has 2 nitrogen and oxygen atoms in total. The molecule has 15 heavy (non-hydrogen) atoms. The summed E-state index contributed by atoms with van der Waals surface area (Å²) in [5.74, 6) is 1.07. The van der Waals surface area contributed by atoms with Crippen molar-refractivity contribution in [2.24, 2.45) is 11.1 Å². The maximum atomic E-state index is 5.67. The first-order valence-corrected chi connectivity index (χ1v) is 6.76. The van der Waals surface area contributed by atoms with Crippen LogP contribution in [0.3, 0.4) is 0 Å². The van der Waals surface area contributed by atoms with Crippen LogP contribution in [-0.4, -0.2) is 17.3 Å². The highest BCUT2D eigenvalue weighted by atomic mass is 79.9. The fraction of sp³-hybridized carbons (Fsp3) is 0.545. The smallest absolute Gasteiger partial charge is 0.0960 e. The van der Waals surface area contributed by atoms with E-state index in [1.54, 1.807) is 11.8 Å². The first-order valence-electron chi connectivity index (χ1n) is 4.98. The van der Waals surface area contributed by atoms with Gasteiger partial charge in [0.05, 0.1) is 5.03 Å². The molecule has 1 aromatic heterocycles. The topological polar surface area (TPSA) is 38.9 Å². The van der Waals surface area contributed by atoms with Crippen molar-refractivity contribution in [1.29, 1.82) is 0 Å². The van der Waals surface area contributed by atoms with Gasteiger partial charge in [0.1, 0.15) is 0 Å². The van der Waals surface area contributed by atoms with Crippen molar-refractivity contribution in [2.75, 3.05) is 12.3 Å². The summed E-state index contributed by atoms with van der Waals surface area (Å²) in [4.78, 5) is 4.31. The zero-order valence-corrected chi connectivity index (χ0v) is 11.6. The van der Waals surface area contributed by atoms with Crippen LogP contribution in [0.5, 0.6) is 0 Å². The quantitative estimate of drug-likeness (QED) is 0.845. The van der Waals surface area contributed by atoms with Gasteiger partial charge in [0.25, 0.3) is 0 Å². The van der Waals surface area contributed by atoms with E-state index in [0.717, 1.165) is 28.2 Å². The maximum Gasteiger partial charge on any atom is 0.0960 e. The summed E-state index contributed by atoms with van der Waals surface area (Å²) >= 11 is 5.15. The Labute approximate surface area is 104 Å². The second-order valence-corrected chi connectivity index (χ2v) is 6.31. The van der Waals surface area contributed by atoms with Gasteiger partial charge in [-0.2, -0.15) is 0 Å². The first kappa shape index (κ1) is 13.0. The van der Waals surface area contributed by atoms with Crippen LogP contribution in [0.2, 0.25) is 0 Å². The Morgan fingerprint density at radius 2 is 2.20 bits per heavy atom. The number of halogens is 1. The number of nitrogens with zero attached hydrogens (tertiary/aromatic N) is 1. The molecule has 2 N–H and O–H groups in total. The van der Waals surface area contributed by atoms with Crippen LogP contribution in [0.25, 0.3) is 0 Å². The van der Waals surface area contributed by atoms with Gasteiger partial charge in [-0.05, 0) is 46.4 Å². The molecule has 0 bridgehead atoms. The van der Waals surface area contributed by atoms with E-state index in [4.69, 9.17) is 5.73 Å². The van der Waals surface area contributed by atoms with Crippen LogP contribution in [0.4, 0.5) is 0 Å². The Kier molecular flexibility index (Phi) is 5.09. The summed E-state index contributed by atoms with van der Waals surface area (Å²) in [6, 6.07) is 4.05. The van der Waals surface area contributed by atoms with E-state index in [1.165, 1.54) is 0 Å². The van der Waals surface area contributed by atoms with Gasteiger partial charge in [-0.15, -0.1) is 11.8 Å². The molecule has 0 fully saturated rings. The molecule has 0 atom stereocenters. The lowest BCUT2D eigenvalue weighted by atomic mass is 9.91. The lowest BCUT2D eigenvalue weighted by Crippen LogP contribution is -2.24. The van der Waals surface area contributed by atoms with Gasteiger partial charge in [-0.1, -0.05) is 13.8 Å². The summed E-state index contributed by atoms with van der Waals surface area (Å²) in [6.07, 6.45) is 2.95. The Morgan fingerprint density at radius 3 is 2.73 bits per heavy atom. The van der Waals surface area contributed by atoms with Gasteiger partial charge in [0.15, 0.2) is 0 Å². The third-order valence-electron chi connectivity index (χ3n) is 2.28. The largest absolute Gasteiger partial charge is 0.330 e. The lowest BCUT2D eigenvalue weighted by molar-refractivity contribution is 0.368. The minimum absolute atomic E-state index is 0.238. The van der Waals surface area contributed by atoms with Gasteiger partial charge >= 0.3 is 0 Å². The average Bonchev–Trinajstić information content (AvgIpc) is 2.21. The van der Waals surface area contributed by atoms with E-state index in [2.05, 4.69) is 34.8 Å². The SMILES string of the molecule is CC(C)(CN)CCSc1ccc(Br)cn1. The van der Waals surface area contributed by atoms with Crippen LogP contribution in [-0.2, 0) is 0 Å². The Hall–Kier alpha value is -0.0600. The Balaban J connectivity index is 2.35. The van der Waals surface area contributed by atoms with Crippen molar-refractivity contribution in [2.45, 2.75) is 25.3 Å². The van der Waals surface area contributed by atoms with Crippen LogP contribution in [0, 0.1) is 5.41 Å². The van der Waals surface area contributed by atoms with Crippen molar-refractivity contribution in [3.8, 4) is 0 Å². The molecule has 0 saturated heterocycles. The van der Waals surface area contributed by atoms with E-state index in [9.17, 15) is 0 Å². The average molecular weight is 289 g/mol. The molecule has 0 aliphatic rings. The van der Waals surface area contributed by atoms with Gasteiger partial charge in [-0.3, -0.25) is 0 Å². The molecule has 4 heteroatoms. The maximum absolute atomic E-state index is 5.67. The molecule has 1 heterocycles. The Morgan fingerprint density at radius 1 is 1.47 bits per heavy atom.